The Hall–Kier alpha value is -2.54. The van der Waals surface area contributed by atoms with Crippen LogP contribution in [0.15, 0.2) is 48.5 Å². The topological polar surface area (TPSA) is 44.8 Å². The molecule has 4 nitrogen and oxygen atoms in total. The first-order valence-corrected chi connectivity index (χ1v) is 7.53. The molecule has 1 unspecified atom stereocenters. The van der Waals surface area contributed by atoms with Gasteiger partial charge >= 0.3 is 12.3 Å². The van der Waals surface area contributed by atoms with Gasteiger partial charge in [-0.15, -0.1) is 13.2 Å². The van der Waals surface area contributed by atoms with E-state index in [0.717, 1.165) is 0 Å². The quantitative estimate of drug-likeness (QED) is 0.547. The highest BCUT2D eigenvalue weighted by molar-refractivity contribution is 5.91. The van der Waals surface area contributed by atoms with Gasteiger partial charge in [-0.05, 0) is 48.4 Å². The molecule has 25 heavy (non-hydrogen) atoms. The Morgan fingerprint density at radius 1 is 1.00 bits per heavy atom. The molecule has 1 atom stereocenters. The van der Waals surface area contributed by atoms with Crippen molar-refractivity contribution in [3.8, 4) is 11.5 Å². The number of esters is 1. The van der Waals surface area contributed by atoms with Crippen molar-refractivity contribution in [3.63, 3.8) is 0 Å². The molecule has 0 aliphatic carbocycles. The lowest BCUT2D eigenvalue weighted by Gasteiger charge is -2.18. The van der Waals surface area contributed by atoms with Crippen molar-refractivity contribution >= 4 is 5.97 Å². The first kappa shape index (κ1) is 18.8. The zero-order chi connectivity index (χ0) is 18.4. The molecule has 0 radical (unpaired) electrons. The van der Waals surface area contributed by atoms with E-state index in [0.29, 0.717) is 16.9 Å². The molecule has 0 fully saturated rings. The van der Waals surface area contributed by atoms with Crippen LogP contribution in [0.2, 0.25) is 0 Å². The molecule has 0 amide bonds. The SMILES string of the molecule is CCC(OC(F)(F)F)c1ccc(OC(=O)c2ccc(OC)cc2)cc1. The Morgan fingerprint density at radius 3 is 2.04 bits per heavy atom. The third kappa shape index (κ3) is 5.49. The molecule has 0 aromatic heterocycles. The Balaban J connectivity index is 2.04. The van der Waals surface area contributed by atoms with Gasteiger partial charge in [0.25, 0.3) is 0 Å². The van der Waals surface area contributed by atoms with Crippen molar-refractivity contribution in [1.82, 2.24) is 0 Å². The summed E-state index contributed by atoms with van der Waals surface area (Å²) in [6, 6.07) is 12.1. The lowest BCUT2D eigenvalue weighted by molar-refractivity contribution is -0.345. The van der Waals surface area contributed by atoms with Gasteiger partial charge in [-0.25, -0.2) is 4.79 Å². The van der Waals surface area contributed by atoms with Gasteiger partial charge < -0.3 is 9.47 Å². The number of hydrogen-bond donors (Lipinski definition) is 0. The van der Waals surface area contributed by atoms with Crippen molar-refractivity contribution in [1.29, 1.82) is 0 Å². The third-order valence-corrected chi connectivity index (χ3v) is 3.43. The molecule has 134 valence electrons. The van der Waals surface area contributed by atoms with Gasteiger partial charge in [0, 0.05) is 0 Å². The lowest BCUT2D eigenvalue weighted by Crippen LogP contribution is -2.17. The van der Waals surface area contributed by atoms with Crippen LogP contribution in [0.3, 0.4) is 0 Å². The molecule has 2 aromatic rings. The van der Waals surface area contributed by atoms with E-state index in [4.69, 9.17) is 9.47 Å². The van der Waals surface area contributed by atoms with Gasteiger partial charge in [0.1, 0.15) is 11.5 Å². The van der Waals surface area contributed by atoms with E-state index >= 15 is 0 Å². The minimum absolute atomic E-state index is 0.157. The highest BCUT2D eigenvalue weighted by Crippen LogP contribution is 2.31. The number of methoxy groups -OCH3 is 1. The van der Waals surface area contributed by atoms with E-state index < -0.39 is 18.4 Å². The summed E-state index contributed by atoms with van der Waals surface area (Å²) in [6.45, 7) is 1.59. The van der Waals surface area contributed by atoms with Crippen LogP contribution in [-0.4, -0.2) is 19.4 Å². The van der Waals surface area contributed by atoms with Gasteiger partial charge in [-0.3, -0.25) is 4.74 Å². The molecule has 0 saturated carbocycles. The summed E-state index contributed by atoms with van der Waals surface area (Å²) in [6.07, 6.45) is -5.66. The van der Waals surface area contributed by atoms with Crippen molar-refractivity contribution in [2.24, 2.45) is 0 Å². The normalized spacial score (nSPS) is 12.5. The average molecular weight is 354 g/mol. The van der Waals surface area contributed by atoms with Gasteiger partial charge in [-0.2, -0.15) is 0 Å². The molecular formula is C18H17F3O4. The number of carbonyl (C=O) groups is 1. The zero-order valence-electron chi connectivity index (χ0n) is 13.7. The van der Waals surface area contributed by atoms with Crippen molar-refractivity contribution in [3.05, 3.63) is 59.7 Å². The van der Waals surface area contributed by atoms with E-state index in [9.17, 15) is 18.0 Å². The van der Waals surface area contributed by atoms with Crippen LogP contribution in [0.4, 0.5) is 13.2 Å². The summed E-state index contributed by atoms with van der Waals surface area (Å²) < 4.78 is 51.4. The van der Waals surface area contributed by atoms with Crippen molar-refractivity contribution in [2.75, 3.05) is 7.11 Å². The lowest BCUT2D eigenvalue weighted by atomic mass is 10.1. The predicted molar refractivity (Wildman–Crippen MR) is 84.6 cm³/mol. The Morgan fingerprint density at radius 2 is 1.56 bits per heavy atom. The van der Waals surface area contributed by atoms with Crippen LogP contribution in [0.5, 0.6) is 11.5 Å². The summed E-state index contributed by atoms with van der Waals surface area (Å²) in [5.74, 6) is 0.261. The van der Waals surface area contributed by atoms with Crippen LogP contribution >= 0.6 is 0 Å². The standard InChI is InChI=1S/C18H17F3O4/c1-3-16(25-18(19,20)21)12-4-10-15(11-5-12)24-17(22)13-6-8-14(23-2)9-7-13/h4-11,16H,3H2,1-2H3. The maximum atomic E-state index is 12.4. The molecule has 0 saturated heterocycles. The van der Waals surface area contributed by atoms with Crippen LogP contribution in [0.1, 0.15) is 35.4 Å². The predicted octanol–water partition coefficient (Wildman–Crippen LogP) is 4.90. The summed E-state index contributed by atoms with van der Waals surface area (Å²) in [7, 11) is 1.51. The fraction of sp³-hybridized carbons (Fsp3) is 0.278. The van der Waals surface area contributed by atoms with Crippen molar-refractivity contribution < 1.29 is 32.2 Å². The van der Waals surface area contributed by atoms with E-state index in [1.165, 1.54) is 31.4 Å². The molecule has 7 heteroatoms. The second kappa shape index (κ2) is 8.02. The molecule has 0 N–H and O–H groups in total. The van der Waals surface area contributed by atoms with Crippen LogP contribution in [0, 0.1) is 0 Å². The van der Waals surface area contributed by atoms with Gasteiger partial charge in [0.2, 0.25) is 0 Å². The summed E-state index contributed by atoms with van der Waals surface area (Å²) in [5, 5.41) is 0. The number of carbonyl (C=O) groups excluding carboxylic acids is 1. The molecule has 2 aromatic carbocycles. The number of ether oxygens (including phenoxy) is 3. The van der Waals surface area contributed by atoms with E-state index in [1.807, 2.05) is 0 Å². The maximum Gasteiger partial charge on any atom is 0.523 e. The van der Waals surface area contributed by atoms with Crippen LogP contribution < -0.4 is 9.47 Å². The number of hydrogen-bond acceptors (Lipinski definition) is 4. The Labute approximate surface area is 143 Å². The van der Waals surface area contributed by atoms with Crippen molar-refractivity contribution in [2.45, 2.75) is 25.8 Å². The van der Waals surface area contributed by atoms with E-state index in [1.54, 1.807) is 31.2 Å². The molecule has 0 bridgehead atoms. The number of halogens is 3. The van der Waals surface area contributed by atoms with Gasteiger partial charge in [0.15, 0.2) is 0 Å². The second-order valence-corrected chi connectivity index (χ2v) is 5.15. The van der Waals surface area contributed by atoms with Crippen LogP contribution in [-0.2, 0) is 4.74 Å². The number of alkyl halides is 3. The Kier molecular flexibility index (Phi) is 6.03. The fourth-order valence-corrected chi connectivity index (χ4v) is 2.19. The molecule has 0 spiro atoms. The molecule has 2 rings (SSSR count). The summed E-state index contributed by atoms with van der Waals surface area (Å²) in [4.78, 5) is 12.0. The fourth-order valence-electron chi connectivity index (χ4n) is 2.19. The molecule has 0 aliphatic rings. The maximum absolute atomic E-state index is 12.4. The Bertz CT molecular complexity index is 694. The molecule has 0 heterocycles. The molecular weight excluding hydrogens is 337 g/mol. The highest BCUT2D eigenvalue weighted by atomic mass is 19.4. The number of benzene rings is 2. The average Bonchev–Trinajstić information content (AvgIpc) is 2.59. The van der Waals surface area contributed by atoms with E-state index in [2.05, 4.69) is 4.74 Å². The monoisotopic (exact) mass is 354 g/mol. The second-order valence-electron chi connectivity index (χ2n) is 5.15. The first-order valence-electron chi connectivity index (χ1n) is 7.53. The molecule has 0 aliphatic heterocycles. The van der Waals surface area contributed by atoms with Gasteiger partial charge in [-0.1, -0.05) is 19.1 Å². The largest absolute Gasteiger partial charge is 0.523 e. The third-order valence-electron chi connectivity index (χ3n) is 3.43. The highest BCUT2D eigenvalue weighted by Gasteiger charge is 2.33. The number of rotatable bonds is 6. The first-order chi connectivity index (χ1) is 11.8. The summed E-state index contributed by atoms with van der Waals surface area (Å²) >= 11 is 0. The minimum Gasteiger partial charge on any atom is -0.497 e. The van der Waals surface area contributed by atoms with Crippen LogP contribution in [0.25, 0.3) is 0 Å². The van der Waals surface area contributed by atoms with Gasteiger partial charge in [0.05, 0.1) is 18.8 Å². The van der Waals surface area contributed by atoms with E-state index in [-0.39, 0.29) is 12.2 Å². The summed E-state index contributed by atoms with van der Waals surface area (Å²) in [5.41, 5.74) is 0.681. The minimum atomic E-state index is -4.71. The zero-order valence-corrected chi connectivity index (χ0v) is 13.7. The smallest absolute Gasteiger partial charge is 0.497 e.